The Morgan fingerprint density at radius 2 is 2.21 bits per heavy atom. The van der Waals surface area contributed by atoms with Crippen LogP contribution in [0, 0.1) is 0 Å². The SMILES string of the molecule is CCOc1ccccc1NCC(=O)O. The third kappa shape index (κ3) is 2.97. The van der Waals surface area contributed by atoms with E-state index in [0.29, 0.717) is 18.0 Å². The summed E-state index contributed by atoms with van der Waals surface area (Å²) in [5.74, 6) is -0.215. The molecule has 0 aliphatic heterocycles. The van der Waals surface area contributed by atoms with Gasteiger partial charge in [0, 0.05) is 0 Å². The van der Waals surface area contributed by atoms with Gasteiger partial charge in [0.1, 0.15) is 12.3 Å². The second-order valence-corrected chi connectivity index (χ2v) is 2.68. The topological polar surface area (TPSA) is 58.6 Å². The van der Waals surface area contributed by atoms with Crippen LogP contribution in [0.5, 0.6) is 5.75 Å². The Bertz CT molecular complexity index is 312. The summed E-state index contributed by atoms with van der Waals surface area (Å²) in [6, 6.07) is 7.26. The first-order valence-electron chi connectivity index (χ1n) is 4.41. The number of hydrogen-bond acceptors (Lipinski definition) is 3. The fourth-order valence-electron chi connectivity index (χ4n) is 1.06. The second-order valence-electron chi connectivity index (χ2n) is 2.68. The molecule has 0 spiro atoms. The molecule has 0 heterocycles. The van der Waals surface area contributed by atoms with Crippen LogP contribution in [0.1, 0.15) is 6.92 Å². The van der Waals surface area contributed by atoms with E-state index in [1.807, 2.05) is 19.1 Å². The highest BCUT2D eigenvalue weighted by molar-refractivity contribution is 5.73. The molecular weight excluding hydrogens is 182 g/mol. The minimum absolute atomic E-state index is 0.107. The highest BCUT2D eigenvalue weighted by Crippen LogP contribution is 2.23. The number of rotatable bonds is 5. The van der Waals surface area contributed by atoms with Crippen LogP contribution in [-0.2, 0) is 4.79 Å². The second kappa shape index (κ2) is 5.11. The van der Waals surface area contributed by atoms with Crippen LogP contribution < -0.4 is 10.1 Å². The summed E-state index contributed by atoms with van der Waals surface area (Å²) in [6.45, 7) is 2.34. The first-order chi connectivity index (χ1) is 6.74. The highest BCUT2D eigenvalue weighted by atomic mass is 16.5. The maximum absolute atomic E-state index is 10.3. The third-order valence-corrected chi connectivity index (χ3v) is 1.62. The summed E-state index contributed by atoms with van der Waals surface area (Å²) in [6.07, 6.45) is 0. The molecule has 1 aromatic rings. The number of anilines is 1. The zero-order chi connectivity index (χ0) is 10.4. The zero-order valence-corrected chi connectivity index (χ0v) is 7.99. The van der Waals surface area contributed by atoms with Crippen molar-refractivity contribution in [3.05, 3.63) is 24.3 Å². The number of ether oxygens (including phenoxy) is 1. The largest absolute Gasteiger partial charge is 0.492 e. The molecule has 0 aliphatic carbocycles. The smallest absolute Gasteiger partial charge is 0.322 e. The van der Waals surface area contributed by atoms with Gasteiger partial charge in [0.15, 0.2) is 0 Å². The number of carboxylic acids is 1. The van der Waals surface area contributed by atoms with Crippen LogP contribution in [0.15, 0.2) is 24.3 Å². The highest BCUT2D eigenvalue weighted by Gasteiger charge is 2.02. The van der Waals surface area contributed by atoms with Crippen molar-refractivity contribution in [2.45, 2.75) is 6.92 Å². The van der Waals surface area contributed by atoms with Crippen molar-refractivity contribution in [1.82, 2.24) is 0 Å². The summed E-state index contributed by atoms with van der Waals surface area (Å²) in [4.78, 5) is 10.3. The van der Waals surface area contributed by atoms with Crippen LogP contribution in [0.2, 0.25) is 0 Å². The van der Waals surface area contributed by atoms with Gasteiger partial charge in [0.05, 0.1) is 12.3 Å². The van der Waals surface area contributed by atoms with E-state index in [4.69, 9.17) is 9.84 Å². The van der Waals surface area contributed by atoms with Crippen molar-refractivity contribution >= 4 is 11.7 Å². The number of nitrogens with one attached hydrogen (secondary N) is 1. The summed E-state index contributed by atoms with van der Waals surface area (Å²) < 4.78 is 5.31. The van der Waals surface area contributed by atoms with E-state index in [2.05, 4.69) is 5.32 Å². The summed E-state index contributed by atoms with van der Waals surface area (Å²) in [5.41, 5.74) is 0.705. The molecular formula is C10H13NO3. The first-order valence-corrected chi connectivity index (χ1v) is 4.41. The predicted molar refractivity (Wildman–Crippen MR) is 53.7 cm³/mol. The molecule has 14 heavy (non-hydrogen) atoms. The number of carboxylic acid groups (broad SMARTS) is 1. The molecule has 1 aromatic carbocycles. The Labute approximate surface area is 82.5 Å². The van der Waals surface area contributed by atoms with Gasteiger partial charge in [-0.05, 0) is 19.1 Å². The van der Waals surface area contributed by atoms with E-state index in [0.717, 1.165) is 0 Å². The van der Waals surface area contributed by atoms with Gasteiger partial charge >= 0.3 is 5.97 Å². The number of hydrogen-bond donors (Lipinski definition) is 2. The van der Waals surface area contributed by atoms with Crippen LogP contribution in [0.25, 0.3) is 0 Å². The molecule has 4 heteroatoms. The summed E-state index contributed by atoms with van der Waals surface area (Å²) in [5, 5.41) is 11.3. The van der Waals surface area contributed by atoms with Gasteiger partial charge in [-0.15, -0.1) is 0 Å². The van der Waals surface area contributed by atoms with Crippen molar-refractivity contribution in [3.8, 4) is 5.75 Å². The van der Waals surface area contributed by atoms with Gasteiger partial charge in [0.25, 0.3) is 0 Å². The monoisotopic (exact) mass is 195 g/mol. The minimum Gasteiger partial charge on any atom is -0.492 e. The molecule has 0 amide bonds. The number of para-hydroxylation sites is 2. The molecule has 0 atom stereocenters. The minimum atomic E-state index is -0.892. The Morgan fingerprint density at radius 1 is 1.50 bits per heavy atom. The molecule has 76 valence electrons. The van der Waals surface area contributed by atoms with Gasteiger partial charge < -0.3 is 15.2 Å². The lowest BCUT2D eigenvalue weighted by atomic mass is 10.3. The molecule has 0 radical (unpaired) electrons. The Balaban J connectivity index is 2.68. The van der Waals surface area contributed by atoms with E-state index in [1.165, 1.54) is 0 Å². The fraction of sp³-hybridized carbons (Fsp3) is 0.300. The molecule has 0 saturated carbocycles. The average molecular weight is 195 g/mol. The quantitative estimate of drug-likeness (QED) is 0.749. The average Bonchev–Trinajstić information content (AvgIpc) is 2.17. The standard InChI is InChI=1S/C10H13NO3/c1-2-14-9-6-4-3-5-8(9)11-7-10(12)13/h3-6,11H,2,7H2,1H3,(H,12,13). The van der Waals surface area contributed by atoms with E-state index in [-0.39, 0.29) is 6.54 Å². The van der Waals surface area contributed by atoms with Gasteiger partial charge in [0.2, 0.25) is 0 Å². The Morgan fingerprint density at radius 3 is 2.86 bits per heavy atom. The maximum Gasteiger partial charge on any atom is 0.322 e. The molecule has 2 N–H and O–H groups in total. The van der Waals surface area contributed by atoms with Crippen molar-refractivity contribution in [2.75, 3.05) is 18.5 Å². The lowest BCUT2D eigenvalue weighted by Crippen LogP contribution is -2.13. The van der Waals surface area contributed by atoms with Crippen LogP contribution in [0.4, 0.5) is 5.69 Å². The number of benzene rings is 1. The predicted octanol–water partition coefficient (Wildman–Crippen LogP) is 1.58. The van der Waals surface area contributed by atoms with Gasteiger partial charge in [-0.1, -0.05) is 12.1 Å². The number of carbonyl (C=O) groups is 1. The normalized spacial score (nSPS) is 9.50. The maximum atomic E-state index is 10.3. The van der Waals surface area contributed by atoms with Gasteiger partial charge in [-0.2, -0.15) is 0 Å². The molecule has 0 unspecified atom stereocenters. The molecule has 0 aliphatic rings. The van der Waals surface area contributed by atoms with E-state index < -0.39 is 5.97 Å². The Kier molecular flexibility index (Phi) is 3.79. The van der Waals surface area contributed by atoms with E-state index >= 15 is 0 Å². The molecule has 0 saturated heterocycles. The number of aliphatic carboxylic acids is 1. The Hall–Kier alpha value is -1.71. The van der Waals surface area contributed by atoms with Crippen LogP contribution >= 0.6 is 0 Å². The van der Waals surface area contributed by atoms with Crippen molar-refractivity contribution in [1.29, 1.82) is 0 Å². The van der Waals surface area contributed by atoms with E-state index in [1.54, 1.807) is 12.1 Å². The summed E-state index contributed by atoms with van der Waals surface area (Å²) in [7, 11) is 0. The molecule has 4 nitrogen and oxygen atoms in total. The molecule has 0 bridgehead atoms. The van der Waals surface area contributed by atoms with Gasteiger partial charge in [-0.25, -0.2) is 0 Å². The molecule has 1 rings (SSSR count). The lowest BCUT2D eigenvalue weighted by molar-refractivity contribution is -0.134. The van der Waals surface area contributed by atoms with E-state index in [9.17, 15) is 4.79 Å². The zero-order valence-electron chi connectivity index (χ0n) is 7.99. The van der Waals surface area contributed by atoms with Crippen molar-refractivity contribution in [2.24, 2.45) is 0 Å². The van der Waals surface area contributed by atoms with Crippen LogP contribution in [0.3, 0.4) is 0 Å². The summed E-state index contributed by atoms with van der Waals surface area (Å²) >= 11 is 0. The van der Waals surface area contributed by atoms with Crippen molar-refractivity contribution < 1.29 is 14.6 Å². The third-order valence-electron chi connectivity index (χ3n) is 1.62. The van der Waals surface area contributed by atoms with Crippen molar-refractivity contribution in [3.63, 3.8) is 0 Å². The van der Waals surface area contributed by atoms with Gasteiger partial charge in [-0.3, -0.25) is 4.79 Å². The lowest BCUT2D eigenvalue weighted by Gasteiger charge is -2.10. The van der Waals surface area contributed by atoms with Crippen LogP contribution in [-0.4, -0.2) is 24.2 Å². The molecule has 0 fully saturated rings. The first kappa shape index (κ1) is 10.4. The molecule has 0 aromatic heterocycles. The fourth-order valence-corrected chi connectivity index (χ4v) is 1.06.